The lowest BCUT2D eigenvalue weighted by Gasteiger charge is -2.20. The lowest BCUT2D eigenvalue weighted by Crippen LogP contribution is -2.39. The van der Waals surface area contributed by atoms with Gasteiger partial charge in [0, 0.05) is 12.1 Å². The van der Waals surface area contributed by atoms with Gasteiger partial charge in [0.2, 0.25) is 17.3 Å². The van der Waals surface area contributed by atoms with Crippen LogP contribution in [0.5, 0.6) is 5.75 Å². The summed E-state index contributed by atoms with van der Waals surface area (Å²) in [6.07, 6.45) is 3.50. The molecule has 0 saturated heterocycles. The molecule has 4 aromatic carbocycles. The minimum atomic E-state index is -4.72. The number of fused-ring (bicyclic) bond motifs is 2. The fraction of sp³-hybridized carbons (Fsp3) is 0.121. The van der Waals surface area contributed by atoms with Crippen molar-refractivity contribution in [3.8, 4) is 28.0 Å². The van der Waals surface area contributed by atoms with Gasteiger partial charge in [-0.1, -0.05) is 79.7 Å². The third-order valence-corrected chi connectivity index (χ3v) is 8.42. The maximum atomic E-state index is 12.0. The highest BCUT2D eigenvalue weighted by molar-refractivity contribution is 7.85. The van der Waals surface area contributed by atoms with Crippen molar-refractivity contribution in [3.05, 3.63) is 120 Å². The van der Waals surface area contributed by atoms with Crippen LogP contribution in [0.15, 0.2) is 119 Å². The molecule has 5 aromatic rings. The predicted octanol–water partition coefficient (Wildman–Crippen LogP) is 5.59. The first kappa shape index (κ1) is 30.3. The second-order valence-corrected chi connectivity index (χ2v) is 13.2. The molecule has 0 bridgehead atoms. The molecule has 12 heteroatoms. The molecular formula is C33H27N2O8S2-. The fourth-order valence-electron chi connectivity index (χ4n) is 5.18. The molecule has 0 N–H and O–H groups in total. The van der Waals surface area contributed by atoms with Gasteiger partial charge >= 0.3 is 5.89 Å². The van der Waals surface area contributed by atoms with E-state index in [9.17, 15) is 25.9 Å². The molecule has 1 aliphatic rings. The zero-order valence-corrected chi connectivity index (χ0v) is 25.6. The summed E-state index contributed by atoms with van der Waals surface area (Å²) in [5.74, 6) is -1.20. The van der Waals surface area contributed by atoms with Crippen molar-refractivity contribution in [1.82, 2.24) is 0 Å². The van der Waals surface area contributed by atoms with Crippen molar-refractivity contribution in [3.63, 3.8) is 0 Å². The standard InChI is InChI=1S/C33H28N2O8S2/c1-2-23(17-32-34(21-44(36,37)38)28-19-26(13-15-30(28)42-32)24-9-5-3-6-10-24)18-33-35(22-45(39,40)41)29-20-27(14-16-31(29)43-33)25-11-7-4-8-12-25/h3-20H,2,21-22H2,1H3,(H-,36,37,38,39,40,41)/p-1. The average Bonchev–Trinajstić information content (AvgIpc) is 3.51. The number of aromatic nitrogens is 1. The summed E-state index contributed by atoms with van der Waals surface area (Å²) in [6.45, 7) is 1.83. The van der Waals surface area contributed by atoms with Gasteiger partial charge in [0.05, 0.1) is 11.8 Å². The molecule has 1 aliphatic heterocycles. The van der Waals surface area contributed by atoms with Crippen molar-refractivity contribution < 1.29 is 39.7 Å². The summed E-state index contributed by atoms with van der Waals surface area (Å²) < 4.78 is 85.0. The molecule has 0 aliphatic carbocycles. The van der Waals surface area contributed by atoms with Gasteiger partial charge in [0.1, 0.15) is 16.0 Å². The van der Waals surface area contributed by atoms with Crippen molar-refractivity contribution >= 4 is 43.1 Å². The molecule has 0 radical (unpaired) electrons. The van der Waals surface area contributed by atoms with Gasteiger partial charge in [-0.3, -0.25) is 4.90 Å². The summed E-state index contributed by atoms with van der Waals surface area (Å²) in [5, 5.41) is 0. The maximum Gasteiger partial charge on any atom is 0.375 e. The van der Waals surface area contributed by atoms with Gasteiger partial charge in [0.25, 0.3) is 5.52 Å². The van der Waals surface area contributed by atoms with E-state index in [1.807, 2.05) is 79.7 Å². The summed E-state index contributed by atoms with van der Waals surface area (Å²) in [7, 11) is -9.44. The summed E-state index contributed by atoms with van der Waals surface area (Å²) >= 11 is 0. The second kappa shape index (κ2) is 12.0. The molecule has 230 valence electrons. The number of hydrogen-bond donors (Lipinski definition) is 0. The molecule has 2 heterocycles. The molecule has 1 aromatic heterocycles. The number of benzene rings is 4. The Labute approximate surface area is 260 Å². The van der Waals surface area contributed by atoms with Crippen molar-refractivity contribution in [2.45, 2.75) is 19.2 Å². The minimum Gasteiger partial charge on any atom is -0.747 e. The molecule has 0 fully saturated rings. The zero-order chi connectivity index (χ0) is 31.8. The highest BCUT2D eigenvalue weighted by Crippen LogP contribution is 2.42. The SMILES string of the molecule is CCC(=C/c1oc2ccc(-c3ccccc3)cc2[n+]1CS(=O)(=O)[O-])/C=C1/Oc2ccc(-c3ccccc3)cc2N1CS(=O)(=O)[O-]. The van der Waals surface area contributed by atoms with Crippen molar-refractivity contribution in [2.75, 3.05) is 10.8 Å². The molecule has 6 rings (SSSR count). The molecule has 45 heavy (non-hydrogen) atoms. The van der Waals surface area contributed by atoms with Crippen LogP contribution in [0.4, 0.5) is 5.69 Å². The monoisotopic (exact) mass is 643 g/mol. The quantitative estimate of drug-likeness (QED) is 0.148. The fourth-order valence-corrected chi connectivity index (χ4v) is 6.35. The number of anilines is 1. The number of ether oxygens (including phenoxy) is 1. The van der Waals surface area contributed by atoms with Crippen molar-refractivity contribution in [2.24, 2.45) is 0 Å². The minimum absolute atomic E-state index is 0.0909. The van der Waals surface area contributed by atoms with Gasteiger partial charge < -0.3 is 18.3 Å². The summed E-state index contributed by atoms with van der Waals surface area (Å²) in [5.41, 5.74) is 5.12. The Hall–Kier alpha value is -4.75. The van der Waals surface area contributed by atoms with E-state index in [0.717, 1.165) is 22.3 Å². The first-order chi connectivity index (χ1) is 21.5. The number of hydrogen-bond acceptors (Lipinski definition) is 9. The van der Waals surface area contributed by atoms with E-state index in [-0.39, 0.29) is 11.8 Å². The van der Waals surface area contributed by atoms with E-state index in [0.29, 0.717) is 34.5 Å². The van der Waals surface area contributed by atoms with E-state index in [4.69, 9.17) is 9.15 Å². The molecule has 0 atom stereocenters. The molecule has 0 saturated carbocycles. The van der Waals surface area contributed by atoms with Crippen LogP contribution in [-0.2, 0) is 26.1 Å². The zero-order valence-electron chi connectivity index (χ0n) is 24.0. The predicted molar refractivity (Wildman–Crippen MR) is 167 cm³/mol. The van der Waals surface area contributed by atoms with Gasteiger partial charge in [0.15, 0.2) is 15.9 Å². The third kappa shape index (κ3) is 6.84. The topological polar surface area (TPSA) is 144 Å². The smallest absolute Gasteiger partial charge is 0.375 e. The number of nitrogens with zero attached hydrogens (tertiary/aromatic N) is 2. The summed E-state index contributed by atoms with van der Waals surface area (Å²) in [4.78, 5) is 1.29. The Morgan fingerprint density at radius 2 is 1.42 bits per heavy atom. The normalized spacial score (nSPS) is 14.6. The summed E-state index contributed by atoms with van der Waals surface area (Å²) in [6, 6.07) is 29.5. The first-order valence-corrected chi connectivity index (χ1v) is 17.1. The maximum absolute atomic E-state index is 12.0. The lowest BCUT2D eigenvalue weighted by molar-refractivity contribution is -0.658. The number of rotatable bonds is 9. The van der Waals surface area contributed by atoms with Crippen LogP contribution >= 0.6 is 0 Å². The van der Waals surface area contributed by atoms with Gasteiger partial charge in [-0.25, -0.2) is 16.8 Å². The average molecular weight is 644 g/mol. The van der Waals surface area contributed by atoms with Gasteiger partial charge in [-0.2, -0.15) is 0 Å². The Balaban J connectivity index is 1.44. The Kier molecular flexibility index (Phi) is 8.06. The van der Waals surface area contributed by atoms with Crippen LogP contribution < -0.4 is 14.2 Å². The van der Waals surface area contributed by atoms with E-state index in [1.165, 1.54) is 9.47 Å². The van der Waals surface area contributed by atoms with Crippen LogP contribution in [0, 0.1) is 0 Å². The molecule has 10 nitrogen and oxygen atoms in total. The lowest BCUT2D eigenvalue weighted by atomic mass is 10.0. The number of allylic oxidation sites excluding steroid dienone is 2. The van der Waals surface area contributed by atoms with Gasteiger partial charge in [-0.15, -0.1) is 4.57 Å². The molecule has 0 amide bonds. The Morgan fingerprint density at radius 1 is 0.800 bits per heavy atom. The molecule has 0 unspecified atom stereocenters. The third-order valence-electron chi connectivity index (χ3n) is 7.28. The van der Waals surface area contributed by atoms with Crippen molar-refractivity contribution in [1.29, 1.82) is 0 Å². The largest absolute Gasteiger partial charge is 0.747 e. The van der Waals surface area contributed by atoms with Crippen LogP contribution in [-0.4, -0.2) is 31.8 Å². The highest BCUT2D eigenvalue weighted by atomic mass is 32.2. The van der Waals surface area contributed by atoms with Crippen LogP contribution in [0.3, 0.4) is 0 Å². The highest BCUT2D eigenvalue weighted by Gasteiger charge is 2.29. The van der Waals surface area contributed by atoms with E-state index >= 15 is 0 Å². The van der Waals surface area contributed by atoms with Crippen LogP contribution in [0.25, 0.3) is 39.4 Å². The number of oxazole rings is 1. The van der Waals surface area contributed by atoms with Crippen LogP contribution in [0.2, 0.25) is 0 Å². The van der Waals surface area contributed by atoms with E-state index < -0.39 is 32.0 Å². The molecular weight excluding hydrogens is 617 g/mol. The first-order valence-electron chi connectivity index (χ1n) is 13.9. The van der Waals surface area contributed by atoms with Gasteiger partial charge in [-0.05, 0) is 52.4 Å². The van der Waals surface area contributed by atoms with Crippen LogP contribution in [0.1, 0.15) is 19.2 Å². The Bertz CT molecular complexity index is 2170. The molecule has 0 spiro atoms. The van der Waals surface area contributed by atoms with E-state index in [1.54, 1.807) is 36.4 Å². The van der Waals surface area contributed by atoms with E-state index in [2.05, 4.69) is 0 Å². The Morgan fingerprint density at radius 3 is 2.02 bits per heavy atom. The second-order valence-electron chi connectivity index (χ2n) is 10.4.